The lowest BCUT2D eigenvalue weighted by Gasteiger charge is -2.04. The van der Waals surface area contributed by atoms with Gasteiger partial charge >= 0.3 is 0 Å². The van der Waals surface area contributed by atoms with Crippen molar-refractivity contribution in [1.82, 2.24) is 0 Å². The molecule has 0 spiro atoms. The van der Waals surface area contributed by atoms with E-state index in [9.17, 15) is 0 Å². The first-order valence-electron chi connectivity index (χ1n) is 4.24. The third kappa shape index (κ3) is 2.37. The molecule has 1 aromatic carbocycles. The van der Waals surface area contributed by atoms with Crippen LogP contribution in [0.15, 0.2) is 34.3 Å². The van der Waals surface area contributed by atoms with Crippen LogP contribution in [0.5, 0.6) is 0 Å². The third-order valence-electron chi connectivity index (χ3n) is 1.86. The monoisotopic (exact) mass is 269 g/mol. The molecular weight excluding hydrogens is 261 g/mol. The largest absolute Gasteiger partial charge is 0.193 e. The van der Waals surface area contributed by atoms with Crippen molar-refractivity contribution in [3.63, 3.8) is 0 Å². The Morgan fingerprint density at radius 2 is 2.14 bits per heavy atom. The topological polar surface area (TPSA) is 23.8 Å². The van der Waals surface area contributed by atoms with Crippen LogP contribution in [0.3, 0.4) is 0 Å². The molecule has 0 saturated carbocycles. The second kappa shape index (κ2) is 5.19. The first-order chi connectivity index (χ1) is 6.70. The molecule has 0 N–H and O–H groups in total. The molecule has 1 aromatic rings. The molecule has 0 aliphatic rings. The van der Waals surface area contributed by atoms with Gasteiger partial charge in [-0.2, -0.15) is 5.26 Å². The summed E-state index contributed by atoms with van der Waals surface area (Å²) in [6.07, 6.45) is 0.649. The second-order valence-electron chi connectivity index (χ2n) is 2.74. The molecular formula is C11H9BrClN. The molecule has 0 saturated heterocycles. The van der Waals surface area contributed by atoms with E-state index in [1.54, 1.807) is 0 Å². The summed E-state index contributed by atoms with van der Waals surface area (Å²) in [6, 6.07) is 9.71. The van der Waals surface area contributed by atoms with Gasteiger partial charge in [-0.15, -0.1) is 0 Å². The predicted molar refractivity (Wildman–Crippen MR) is 62.8 cm³/mol. The Morgan fingerprint density at radius 1 is 1.50 bits per heavy atom. The van der Waals surface area contributed by atoms with Crippen LogP contribution >= 0.6 is 27.5 Å². The Hall–Kier alpha value is -0.780. The van der Waals surface area contributed by atoms with Crippen molar-refractivity contribution in [2.45, 2.75) is 13.3 Å². The molecule has 72 valence electrons. The molecule has 0 aromatic heterocycles. The molecule has 1 nitrogen and oxygen atoms in total. The van der Waals surface area contributed by atoms with Gasteiger partial charge in [0.1, 0.15) is 0 Å². The highest BCUT2D eigenvalue weighted by Gasteiger charge is 2.07. The van der Waals surface area contributed by atoms with Crippen LogP contribution in [-0.4, -0.2) is 0 Å². The standard InChI is InChI=1S/C11H9BrClN/c1-2-8(7-14)11(13)9-5-3-4-6-10(9)12/h3-6H,2H2,1H3. The summed E-state index contributed by atoms with van der Waals surface area (Å²) in [7, 11) is 0. The van der Waals surface area contributed by atoms with E-state index in [1.807, 2.05) is 31.2 Å². The van der Waals surface area contributed by atoms with Gasteiger partial charge < -0.3 is 0 Å². The number of hydrogen-bond donors (Lipinski definition) is 0. The summed E-state index contributed by atoms with van der Waals surface area (Å²) in [5.41, 5.74) is 1.48. The minimum Gasteiger partial charge on any atom is -0.193 e. The van der Waals surface area contributed by atoms with Gasteiger partial charge in [-0.05, 0) is 12.5 Å². The summed E-state index contributed by atoms with van der Waals surface area (Å²) in [4.78, 5) is 0. The van der Waals surface area contributed by atoms with Gasteiger partial charge in [-0.25, -0.2) is 0 Å². The molecule has 0 fully saturated rings. The normalized spacial score (nSPS) is 11.9. The fraction of sp³-hybridized carbons (Fsp3) is 0.182. The Bertz CT molecular complexity index is 404. The molecule has 0 heterocycles. The van der Waals surface area contributed by atoms with Crippen molar-refractivity contribution in [3.05, 3.63) is 39.9 Å². The minimum absolute atomic E-state index is 0.530. The van der Waals surface area contributed by atoms with Crippen LogP contribution in [0.25, 0.3) is 5.03 Å². The molecule has 1 rings (SSSR count). The van der Waals surface area contributed by atoms with Crippen molar-refractivity contribution in [3.8, 4) is 6.07 Å². The number of nitriles is 1. The molecule has 3 heteroatoms. The Labute approximate surface area is 97.1 Å². The molecule has 0 bridgehead atoms. The fourth-order valence-electron chi connectivity index (χ4n) is 1.09. The Balaban J connectivity index is 3.25. The predicted octanol–water partition coefficient (Wildman–Crippen LogP) is 4.33. The highest BCUT2D eigenvalue weighted by molar-refractivity contribution is 9.10. The zero-order chi connectivity index (χ0) is 10.6. The van der Waals surface area contributed by atoms with Crippen molar-refractivity contribution in [2.75, 3.05) is 0 Å². The first kappa shape index (κ1) is 11.3. The van der Waals surface area contributed by atoms with E-state index in [-0.39, 0.29) is 0 Å². The van der Waals surface area contributed by atoms with E-state index in [0.717, 1.165) is 10.0 Å². The smallest absolute Gasteiger partial charge is 0.0962 e. The van der Waals surface area contributed by atoms with Gasteiger partial charge in [0, 0.05) is 15.6 Å². The van der Waals surface area contributed by atoms with E-state index < -0.39 is 0 Å². The third-order valence-corrected chi connectivity index (χ3v) is 2.99. The first-order valence-corrected chi connectivity index (χ1v) is 5.41. The molecule has 0 atom stereocenters. The van der Waals surface area contributed by atoms with Gasteiger partial charge in [0.2, 0.25) is 0 Å². The Morgan fingerprint density at radius 3 is 2.64 bits per heavy atom. The lowest BCUT2D eigenvalue weighted by molar-refractivity contribution is 1.16. The molecule has 0 unspecified atom stereocenters. The van der Waals surface area contributed by atoms with E-state index in [4.69, 9.17) is 16.9 Å². The summed E-state index contributed by atoms with van der Waals surface area (Å²) in [6.45, 7) is 1.91. The highest BCUT2D eigenvalue weighted by atomic mass is 79.9. The molecule has 14 heavy (non-hydrogen) atoms. The van der Waals surface area contributed by atoms with Crippen LogP contribution in [0.1, 0.15) is 18.9 Å². The number of nitrogens with zero attached hydrogens (tertiary/aromatic N) is 1. The summed E-state index contributed by atoms with van der Waals surface area (Å²) in [5.74, 6) is 0. The molecule has 0 aliphatic carbocycles. The highest BCUT2D eigenvalue weighted by Crippen LogP contribution is 2.30. The second-order valence-corrected chi connectivity index (χ2v) is 3.97. The quantitative estimate of drug-likeness (QED) is 0.734. The van der Waals surface area contributed by atoms with Crippen molar-refractivity contribution < 1.29 is 0 Å². The number of allylic oxidation sites excluding steroid dienone is 1. The van der Waals surface area contributed by atoms with E-state index >= 15 is 0 Å². The zero-order valence-corrected chi connectivity index (χ0v) is 10.1. The van der Waals surface area contributed by atoms with Crippen molar-refractivity contribution in [1.29, 1.82) is 5.26 Å². The van der Waals surface area contributed by atoms with Crippen LogP contribution in [0, 0.1) is 11.3 Å². The van der Waals surface area contributed by atoms with Crippen LogP contribution in [-0.2, 0) is 0 Å². The van der Waals surface area contributed by atoms with E-state index in [1.165, 1.54) is 0 Å². The fourth-order valence-corrected chi connectivity index (χ4v) is 2.02. The number of hydrogen-bond acceptors (Lipinski definition) is 1. The number of halogens is 2. The van der Waals surface area contributed by atoms with Crippen LogP contribution in [0.4, 0.5) is 0 Å². The van der Waals surface area contributed by atoms with Gasteiger partial charge in [0.05, 0.1) is 11.1 Å². The summed E-state index contributed by atoms with van der Waals surface area (Å²) < 4.78 is 0.909. The van der Waals surface area contributed by atoms with Crippen LogP contribution in [0.2, 0.25) is 0 Å². The van der Waals surface area contributed by atoms with E-state index in [2.05, 4.69) is 22.0 Å². The maximum atomic E-state index is 8.84. The van der Waals surface area contributed by atoms with Gasteiger partial charge in [0.25, 0.3) is 0 Å². The van der Waals surface area contributed by atoms with Gasteiger partial charge in [0.15, 0.2) is 0 Å². The molecule has 0 aliphatic heterocycles. The average Bonchev–Trinajstić information content (AvgIpc) is 2.20. The summed E-state index contributed by atoms with van der Waals surface area (Å²) >= 11 is 9.50. The van der Waals surface area contributed by atoms with Crippen molar-refractivity contribution in [2.24, 2.45) is 0 Å². The molecule has 0 amide bonds. The van der Waals surface area contributed by atoms with E-state index in [0.29, 0.717) is 17.0 Å². The maximum absolute atomic E-state index is 8.84. The number of benzene rings is 1. The average molecular weight is 271 g/mol. The number of rotatable bonds is 2. The van der Waals surface area contributed by atoms with Gasteiger partial charge in [-0.1, -0.05) is 52.7 Å². The molecule has 0 radical (unpaired) electrons. The minimum atomic E-state index is 0.530. The lowest BCUT2D eigenvalue weighted by atomic mass is 10.1. The maximum Gasteiger partial charge on any atom is 0.0962 e. The summed E-state index contributed by atoms with van der Waals surface area (Å²) in [5, 5.41) is 9.37. The Kier molecular flexibility index (Phi) is 4.19. The van der Waals surface area contributed by atoms with Crippen molar-refractivity contribution >= 4 is 32.6 Å². The lowest BCUT2D eigenvalue weighted by Crippen LogP contribution is -1.84. The van der Waals surface area contributed by atoms with Crippen LogP contribution < -0.4 is 0 Å². The van der Waals surface area contributed by atoms with Gasteiger partial charge in [-0.3, -0.25) is 0 Å². The SMILES string of the molecule is CCC(C#N)=C(Cl)c1ccccc1Br. The zero-order valence-electron chi connectivity index (χ0n) is 7.72.